The molecule has 3 N–H and O–H groups in total. The Kier molecular flexibility index (Phi) is 12.0. The molecule has 0 heterocycles. The largest absolute Gasteiger partial charge is 0.481 e. The maximum absolute atomic E-state index is 9.00. The van der Waals surface area contributed by atoms with Crippen molar-refractivity contribution in [1.29, 1.82) is 0 Å². The van der Waals surface area contributed by atoms with Crippen molar-refractivity contribution in [3.05, 3.63) is 0 Å². The third-order valence-corrected chi connectivity index (χ3v) is 0.926. The molecule has 74 valence electrons. The third-order valence-electron chi connectivity index (χ3n) is 0.926. The lowest BCUT2D eigenvalue weighted by atomic mass is 10.2. The Bertz CT molecular complexity index is 100.0. The fourth-order valence-electron chi connectivity index (χ4n) is 0.431. The van der Waals surface area contributed by atoms with Gasteiger partial charge < -0.3 is 10.2 Å². The van der Waals surface area contributed by atoms with E-state index in [-0.39, 0.29) is 0 Å². The van der Waals surface area contributed by atoms with Crippen LogP contribution in [0.25, 0.3) is 0 Å². The van der Waals surface area contributed by atoms with Crippen molar-refractivity contribution in [2.75, 3.05) is 0 Å². The molecule has 5 heteroatoms. The zero-order chi connectivity index (χ0) is 9.98. The van der Waals surface area contributed by atoms with Crippen LogP contribution < -0.4 is 0 Å². The van der Waals surface area contributed by atoms with Gasteiger partial charge in [0.15, 0.2) is 6.29 Å². The van der Waals surface area contributed by atoms with E-state index in [9.17, 15) is 0 Å². The molecule has 0 amide bonds. The van der Waals surface area contributed by atoms with Gasteiger partial charge in [0, 0.05) is 13.3 Å². The number of aliphatic hydroxyl groups is 1. The maximum Gasteiger partial charge on any atom is 0.300 e. The van der Waals surface area contributed by atoms with Gasteiger partial charge in [-0.15, -0.1) is 0 Å². The van der Waals surface area contributed by atoms with E-state index in [1.54, 1.807) is 0 Å². The predicted molar refractivity (Wildman–Crippen MR) is 42.6 cm³/mol. The molecule has 0 bridgehead atoms. The summed E-state index contributed by atoms with van der Waals surface area (Å²) in [5, 5.41) is 23.7. The van der Waals surface area contributed by atoms with E-state index in [1.807, 2.05) is 6.92 Å². The first-order chi connectivity index (χ1) is 5.54. The van der Waals surface area contributed by atoms with Crippen LogP contribution in [-0.2, 0) is 9.68 Å². The summed E-state index contributed by atoms with van der Waals surface area (Å²) < 4.78 is 0. The predicted octanol–water partition coefficient (Wildman–Crippen LogP) is 1.08. The van der Waals surface area contributed by atoms with Crippen molar-refractivity contribution in [3.63, 3.8) is 0 Å². The fourth-order valence-corrected chi connectivity index (χ4v) is 0.431. The van der Waals surface area contributed by atoms with Crippen LogP contribution in [0.3, 0.4) is 0 Å². The molecule has 0 aromatic heterocycles. The van der Waals surface area contributed by atoms with E-state index in [4.69, 9.17) is 20.3 Å². The Morgan fingerprint density at radius 1 is 1.58 bits per heavy atom. The number of carboxylic acids is 1. The van der Waals surface area contributed by atoms with Gasteiger partial charge in [0.1, 0.15) is 0 Å². The summed E-state index contributed by atoms with van der Waals surface area (Å²) in [4.78, 5) is 12.6. The minimum absolute atomic E-state index is 0.507. The zero-order valence-corrected chi connectivity index (χ0v) is 7.36. The molecule has 0 rings (SSSR count). The number of aliphatic hydroxyl groups excluding tert-OH is 1. The lowest BCUT2D eigenvalue weighted by molar-refractivity contribution is -0.335. The molecule has 1 unspecified atom stereocenters. The average molecular weight is 180 g/mol. The first-order valence-electron chi connectivity index (χ1n) is 3.72. The number of carbonyl (C=O) groups is 1. The first-order valence-corrected chi connectivity index (χ1v) is 3.72. The van der Waals surface area contributed by atoms with Crippen molar-refractivity contribution >= 4 is 5.97 Å². The van der Waals surface area contributed by atoms with Crippen molar-refractivity contribution in [2.45, 2.75) is 39.4 Å². The summed E-state index contributed by atoms with van der Waals surface area (Å²) in [6, 6.07) is 0. The van der Waals surface area contributed by atoms with Crippen LogP contribution >= 0.6 is 0 Å². The van der Waals surface area contributed by atoms with E-state index in [0.29, 0.717) is 6.42 Å². The normalized spacial score (nSPS) is 11.3. The van der Waals surface area contributed by atoms with Gasteiger partial charge >= 0.3 is 0 Å². The van der Waals surface area contributed by atoms with E-state index in [0.717, 1.165) is 19.8 Å². The molecule has 0 aliphatic rings. The highest BCUT2D eigenvalue weighted by molar-refractivity contribution is 5.62. The second kappa shape index (κ2) is 10.3. The van der Waals surface area contributed by atoms with Crippen LogP contribution in [0.1, 0.15) is 33.1 Å². The minimum Gasteiger partial charge on any atom is -0.481 e. The summed E-state index contributed by atoms with van der Waals surface area (Å²) >= 11 is 0. The van der Waals surface area contributed by atoms with Gasteiger partial charge in [-0.3, -0.25) is 4.79 Å². The lowest BCUT2D eigenvalue weighted by Gasteiger charge is -2.02. The van der Waals surface area contributed by atoms with Crippen LogP contribution in [0.15, 0.2) is 0 Å². The Morgan fingerprint density at radius 3 is 2.25 bits per heavy atom. The highest BCUT2D eigenvalue weighted by Gasteiger charge is 1.99. The number of hydrogen-bond donors (Lipinski definition) is 3. The topological polar surface area (TPSA) is 87.0 Å². The van der Waals surface area contributed by atoms with Crippen LogP contribution in [0.2, 0.25) is 0 Å². The van der Waals surface area contributed by atoms with Crippen molar-refractivity contribution in [2.24, 2.45) is 0 Å². The molecule has 12 heavy (non-hydrogen) atoms. The summed E-state index contributed by atoms with van der Waals surface area (Å²) in [7, 11) is 0. The average Bonchev–Trinajstić information content (AvgIpc) is 1.99. The maximum atomic E-state index is 9.00. The van der Waals surface area contributed by atoms with Gasteiger partial charge in [-0.05, 0) is 6.42 Å². The third kappa shape index (κ3) is 22.8. The molecule has 0 radical (unpaired) electrons. The smallest absolute Gasteiger partial charge is 0.300 e. The van der Waals surface area contributed by atoms with Gasteiger partial charge in [-0.25, -0.2) is 10.1 Å². The molecule has 5 nitrogen and oxygen atoms in total. The summed E-state index contributed by atoms with van der Waals surface area (Å²) in [5.74, 6) is -0.833. The molecule has 0 saturated heterocycles. The van der Waals surface area contributed by atoms with Gasteiger partial charge in [-0.1, -0.05) is 13.3 Å². The van der Waals surface area contributed by atoms with Crippen LogP contribution in [0.5, 0.6) is 0 Å². The van der Waals surface area contributed by atoms with Crippen molar-refractivity contribution < 1.29 is 25.2 Å². The minimum atomic E-state index is -0.991. The number of aliphatic carboxylic acids is 1. The first kappa shape index (κ1) is 13.9. The summed E-state index contributed by atoms with van der Waals surface area (Å²) in [6.07, 6.45) is 1.39. The molecule has 0 aromatic carbocycles. The van der Waals surface area contributed by atoms with Gasteiger partial charge in [0.2, 0.25) is 0 Å². The molecule has 0 spiro atoms. The molecule has 0 aromatic rings. The second-order valence-corrected chi connectivity index (χ2v) is 2.22. The highest BCUT2D eigenvalue weighted by atomic mass is 17.1. The number of rotatable bonds is 4. The summed E-state index contributed by atoms with van der Waals surface area (Å²) in [5.41, 5.74) is 0. The van der Waals surface area contributed by atoms with Crippen molar-refractivity contribution in [1.82, 2.24) is 0 Å². The Morgan fingerprint density at radius 2 is 2.00 bits per heavy atom. The van der Waals surface area contributed by atoms with Gasteiger partial charge in [-0.2, -0.15) is 0 Å². The quantitative estimate of drug-likeness (QED) is 0.342. The lowest BCUT2D eigenvalue weighted by Crippen LogP contribution is -2.07. The molecular weight excluding hydrogens is 164 g/mol. The molecule has 0 fully saturated rings. The van der Waals surface area contributed by atoms with E-state index >= 15 is 0 Å². The number of unbranched alkanes of at least 4 members (excludes halogenated alkanes) is 1. The highest BCUT2D eigenvalue weighted by Crippen LogP contribution is 1.98. The van der Waals surface area contributed by atoms with E-state index in [2.05, 4.69) is 4.89 Å². The standard InChI is InChI=1S/C5H12O3.C2H4O2/c1-2-3-4-5(6)8-7;1-2(3)4/h5-7H,2-4H2,1H3;1H3,(H,3,4). The Labute approximate surface area is 71.5 Å². The second-order valence-electron chi connectivity index (χ2n) is 2.22. The van der Waals surface area contributed by atoms with Crippen LogP contribution in [0, 0.1) is 0 Å². The van der Waals surface area contributed by atoms with Crippen molar-refractivity contribution in [3.8, 4) is 0 Å². The molecule has 0 aliphatic heterocycles. The Balaban J connectivity index is 0. The van der Waals surface area contributed by atoms with Crippen LogP contribution in [-0.4, -0.2) is 27.7 Å². The Hall–Kier alpha value is -0.650. The molecule has 0 aliphatic carbocycles. The molecule has 0 saturated carbocycles. The van der Waals surface area contributed by atoms with Gasteiger partial charge in [0.05, 0.1) is 0 Å². The number of carboxylic acid groups (broad SMARTS) is 1. The number of hydrogen-bond acceptors (Lipinski definition) is 4. The van der Waals surface area contributed by atoms with E-state index in [1.165, 1.54) is 0 Å². The van der Waals surface area contributed by atoms with Crippen LogP contribution in [0.4, 0.5) is 0 Å². The van der Waals surface area contributed by atoms with Gasteiger partial charge in [0.25, 0.3) is 5.97 Å². The SMILES string of the molecule is CC(=O)O.CCCCC(O)OO. The van der Waals surface area contributed by atoms with E-state index < -0.39 is 12.3 Å². The zero-order valence-electron chi connectivity index (χ0n) is 7.36. The summed E-state index contributed by atoms with van der Waals surface area (Å²) in [6.45, 7) is 3.09. The monoisotopic (exact) mass is 180 g/mol. The fraction of sp³-hybridized carbons (Fsp3) is 0.857. The molecule has 1 atom stereocenters. The molecular formula is C7H16O5.